The first-order chi connectivity index (χ1) is 7.16. The Bertz CT molecular complexity index is 248. The molecule has 0 aromatic heterocycles. The molecule has 1 heterocycles. The Morgan fingerprint density at radius 1 is 1.47 bits per heavy atom. The Kier molecular flexibility index (Phi) is 3.12. The fourth-order valence-electron chi connectivity index (χ4n) is 2.42. The summed E-state index contributed by atoms with van der Waals surface area (Å²) in [4.78, 5) is 2.37. The molecule has 1 aliphatic carbocycles. The third-order valence-electron chi connectivity index (χ3n) is 3.97. The normalized spacial score (nSPS) is 27.5. The van der Waals surface area contributed by atoms with Crippen molar-refractivity contribution >= 4 is 0 Å². The Labute approximate surface area is 90.8 Å². The van der Waals surface area contributed by atoms with Crippen molar-refractivity contribution in [2.75, 3.05) is 19.6 Å². The molecule has 2 nitrogen and oxygen atoms in total. The summed E-state index contributed by atoms with van der Waals surface area (Å²) in [5.41, 5.74) is 1.10. The van der Waals surface area contributed by atoms with E-state index < -0.39 is 0 Å². The lowest BCUT2D eigenvalue weighted by molar-refractivity contribution is 0.0745. The van der Waals surface area contributed by atoms with Crippen LogP contribution in [0.3, 0.4) is 0 Å². The van der Waals surface area contributed by atoms with Gasteiger partial charge in [0.25, 0.3) is 0 Å². The molecular formula is C12H20FNO. The zero-order valence-electron chi connectivity index (χ0n) is 9.38. The van der Waals surface area contributed by atoms with Crippen molar-refractivity contribution in [3.05, 3.63) is 11.9 Å². The largest absolute Gasteiger partial charge is 0.393 e. The highest BCUT2D eigenvalue weighted by molar-refractivity contribution is 5.05. The number of aliphatic hydroxyl groups excluding tert-OH is 1. The van der Waals surface area contributed by atoms with Crippen LogP contribution in [-0.2, 0) is 0 Å². The third kappa shape index (κ3) is 2.40. The van der Waals surface area contributed by atoms with Gasteiger partial charge < -0.3 is 10.0 Å². The van der Waals surface area contributed by atoms with E-state index in [0.29, 0.717) is 0 Å². The number of rotatable bonds is 3. The molecule has 0 amide bonds. The van der Waals surface area contributed by atoms with Crippen molar-refractivity contribution in [2.45, 2.75) is 38.7 Å². The molecule has 0 bridgehead atoms. The molecule has 0 spiro atoms. The monoisotopic (exact) mass is 213 g/mol. The van der Waals surface area contributed by atoms with Gasteiger partial charge in [0.05, 0.1) is 12.4 Å². The molecule has 1 atom stereocenters. The average molecular weight is 213 g/mol. The van der Waals surface area contributed by atoms with E-state index in [4.69, 9.17) is 0 Å². The molecule has 86 valence electrons. The van der Waals surface area contributed by atoms with Crippen LogP contribution in [0.5, 0.6) is 0 Å². The average Bonchev–Trinajstić information content (AvgIpc) is 3.00. The summed E-state index contributed by atoms with van der Waals surface area (Å²) < 4.78 is 12.3. The van der Waals surface area contributed by atoms with Crippen molar-refractivity contribution in [3.8, 4) is 0 Å². The zero-order chi connectivity index (χ0) is 10.9. The number of hydrogen-bond acceptors (Lipinski definition) is 2. The number of nitrogens with zero attached hydrogens (tertiary/aromatic N) is 1. The van der Waals surface area contributed by atoms with E-state index in [1.165, 1.54) is 0 Å². The fraction of sp³-hybridized carbons (Fsp3) is 0.833. The number of likely N-dealkylation sites (tertiary alicyclic amines) is 1. The first-order valence-electron chi connectivity index (χ1n) is 5.85. The summed E-state index contributed by atoms with van der Waals surface area (Å²) in [6.45, 7) is 4.78. The van der Waals surface area contributed by atoms with E-state index in [9.17, 15) is 9.50 Å². The van der Waals surface area contributed by atoms with Crippen LogP contribution in [-0.4, -0.2) is 35.7 Å². The zero-order valence-corrected chi connectivity index (χ0v) is 9.38. The summed E-state index contributed by atoms with van der Waals surface area (Å²) in [5.74, 6) is 0. The van der Waals surface area contributed by atoms with Gasteiger partial charge in [-0.15, -0.1) is 0 Å². The summed E-state index contributed by atoms with van der Waals surface area (Å²) in [6, 6.07) is 0. The second-order valence-corrected chi connectivity index (χ2v) is 5.08. The van der Waals surface area contributed by atoms with Crippen LogP contribution >= 0.6 is 0 Å². The highest BCUT2D eigenvalue weighted by Crippen LogP contribution is 2.49. The highest BCUT2D eigenvalue weighted by atomic mass is 19.1. The van der Waals surface area contributed by atoms with Crippen molar-refractivity contribution in [1.82, 2.24) is 4.90 Å². The van der Waals surface area contributed by atoms with Crippen LogP contribution in [0.15, 0.2) is 11.9 Å². The highest BCUT2D eigenvalue weighted by Gasteiger charge is 2.47. The minimum atomic E-state index is -0.199. The Hall–Kier alpha value is -0.410. The second kappa shape index (κ2) is 4.22. The maximum atomic E-state index is 12.3. The van der Waals surface area contributed by atoms with E-state index in [1.54, 1.807) is 0 Å². The predicted octanol–water partition coefficient (Wildman–Crippen LogP) is 2.10. The number of hydrogen-bond donors (Lipinski definition) is 1. The molecule has 1 saturated heterocycles. The molecule has 1 saturated carbocycles. The van der Waals surface area contributed by atoms with E-state index in [2.05, 4.69) is 4.90 Å². The first-order valence-corrected chi connectivity index (χ1v) is 5.85. The van der Waals surface area contributed by atoms with Gasteiger partial charge in [0, 0.05) is 25.0 Å². The van der Waals surface area contributed by atoms with Crippen molar-refractivity contribution in [1.29, 1.82) is 0 Å². The molecule has 0 aromatic carbocycles. The lowest BCUT2D eigenvalue weighted by Gasteiger charge is -2.32. The lowest BCUT2D eigenvalue weighted by atomic mass is 9.97. The summed E-state index contributed by atoms with van der Waals surface area (Å²) >= 11 is 0. The van der Waals surface area contributed by atoms with Crippen molar-refractivity contribution < 1.29 is 9.50 Å². The van der Waals surface area contributed by atoms with Crippen LogP contribution < -0.4 is 0 Å². The van der Waals surface area contributed by atoms with E-state index in [0.717, 1.165) is 57.2 Å². The number of aliphatic hydroxyl groups is 1. The van der Waals surface area contributed by atoms with Crippen molar-refractivity contribution in [2.24, 2.45) is 5.41 Å². The molecule has 0 unspecified atom stereocenters. The van der Waals surface area contributed by atoms with Gasteiger partial charge in [-0.25, -0.2) is 4.39 Å². The van der Waals surface area contributed by atoms with E-state index in [-0.39, 0.29) is 11.5 Å². The van der Waals surface area contributed by atoms with Gasteiger partial charge in [-0.3, -0.25) is 0 Å². The molecule has 3 heteroatoms. The second-order valence-electron chi connectivity index (χ2n) is 5.08. The quantitative estimate of drug-likeness (QED) is 0.776. The lowest BCUT2D eigenvalue weighted by Crippen LogP contribution is -2.39. The topological polar surface area (TPSA) is 23.5 Å². The summed E-state index contributed by atoms with van der Waals surface area (Å²) in [7, 11) is 0. The van der Waals surface area contributed by atoms with Gasteiger partial charge in [-0.1, -0.05) is 0 Å². The van der Waals surface area contributed by atoms with Crippen LogP contribution in [0.25, 0.3) is 0 Å². The molecule has 0 aromatic rings. The van der Waals surface area contributed by atoms with Gasteiger partial charge in [0.15, 0.2) is 0 Å². The Balaban J connectivity index is 1.82. The predicted molar refractivity (Wildman–Crippen MR) is 58.2 cm³/mol. The Morgan fingerprint density at radius 3 is 2.47 bits per heavy atom. The molecular weight excluding hydrogens is 193 g/mol. The van der Waals surface area contributed by atoms with Gasteiger partial charge in [-0.2, -0.15) is 0 Å². The molecule has 1 aliphatic heterocycles. The van der Waals surface area contributed by atoms with Crippen LogP contribution in [0, 0.1) is 5.41 Å². The van der Waals surface area contributed by atoms with E-state index in [1.807, 2.05) is 6.92 Å². The van der Waals surface area contributed by atoms with Crippen molar-refractivity contribution in [3.63, 3.8) is 0 Å². The van der Waals surface area contributed by atoms with E-state index >= 15 is 0 Å². The summed E-state index contributed by atoms with van der Waals surface area (Å²) in [6.07, 6.45) is 4.56. The van der Waals surface area contributed by atoms with Crippen LogP contribution in [0.1, 0.15) is 32.6 Å². The van der Waals surface area contributed by atoms with Gasteiger partial charge in [0.2, 0.25) is 0 Å². The molecule has 2 rings (SSSR count). The maximum absolute atomic E-state index is 12.3. The standard InChI is InChI=1S/C12H20FNO/c1-10(15)12(4-5-12)9-14-6-2-11(8-13)3-7-14/h8,10,15H,2-7,9H2,1H3/t10-/m0/s1. The van der Waals surface area contributed by atoms with Crippen LogP contribution in [0.2, 0.25) is 0 Å². The first kappa shape index (κ1) is 11.1. The number of piperidine rings is 1. The maximum Gasteiger partial charge on any atom is 0.0859 e. The fourth-order valence-corrected chi connectivity index (χ4v) is 2.42. The molecule has 1 N–H and O–H groups in total. The minimum Gasteiger partial charge on any atom is -0.393 e. The SMILES string of the molecule is C[C@H](O)C1(CN2CCC(=CF)CC2)CC1. The molecule has 2 fully saturated rings. The molecule has 0 radical (unpaired) electrons. The smallest absolute Gasteiger partial charge is 0.0859 e. The summed E-state index contributed by atoms with van der Waals surface area (Å²) in [5, 5.41) is 9.67. The minimum absolute atomic E-state index is 0.164. The van der Waals surface area contributed by atoms with Gasteiger partial charge >= 0.3 is 0 Å². The van der Waals surface area contributed by atoms with Gasteiger partial charge in [-0.05, 0) is 38.2 Å². The van der Waals surface area contributed by atoms with Crippen LogP contribution in [0.4, 0.5) is 4.39 Å². The molecule has 2 aliphatic rings. The number of halogens is 1. The Morgan fingerprint density at radius 2 is 2.07 bits per heavy atom. The molecule has 15 heavy (non-hydrogen) atoms. The van der Waals surface area contributed by atoms with Gasteiger partial charge in [0.1, 0.15) is 0 Å². The third-order valence-corrected chi connectivity index (χ3v) is 3.97.